The maximum absolute atomic E-state index is 13.5. The van der Waals surface area contributed by atoms with Crippen molar-refractivity contribution < 1.29 is 17.9 Å². The van der Waals surface area contributed by atoms with Crippen molar-refractivity contribution in [1.29, 1.82) is 0 Å². The van der Waals surface area contributed by atoms with E-state index in [-0.39, 0.29) is 17.3 Å². The molecule has 0 bridgehead atoms. The number of anilines is 1. The minimum Gasteiger partial charge on any atom is -0.476 e. The van der Waals surface area contributed by atoms with E-state index in [1.807, 2.05) is 25.1 Å². The number of amides is 1. The van der Waals surface area contributed by atoms with Crippen LogP contribution < -0.4 is 14.4 Å². The second-order valence-electron chi connectivity index (χ2n) is 9.44. The fourth-order valence-corrected chi connectivity index (χ4v) is 6.21. The average Bonchev–Trinajstić information content (AvgIpc) is 3.41. The van der Waals surface area contributed by atoms with Crippen LogP contribution in [0.5, 0.6) is 5.75 Å². The normalized spacial score (nSPS) is 17.9. The molecule has 7 nitrogen and oxygen atoms in total. The van der Waals surface area contributed by atoms with Crippen molar-refractivity contribution in [2.24, 2.45) is 0 Å². The van der Waals surface area contributed by atoms with Crippen LogP contribution in [0.25, 0.3) is 0 Å². The molecule has 1 fully saturated rings. The maximum atomic E-state index is 13.5. The van der Waals surface area contributed by atoms with Crippen LogP contribution in [0.15, 0.2) is 77.7 Å². The molecule has 2 aliphatic rings. The van der Waals surface area contributed by atoms with Crippen molar-refractivity contribution in [3.8, 4) is 5.75 Å². The number of fused-ring (bicyclic) bond motifs is 1. The first kappa shape index (κ1) is 24.3. The van der Waals surface area contributed by atoms with Crippen molar-refractivity contribution in [2.45, 2.75) is 43.9 Å². The minimum atomic E-state index is -3.87. The Bertz CT molecular complexity index is 1320. The van der Waals surface area contributed by atoms with E-state index in [1.54, 1.807) is 42.5 Å². The zero-order valence-electron chi connectivity index (χ0n) is 20.4. The Morgan fingerprint density at radius 3 is 2.39 bits per heavy atom. The summed E-state index contributed by atoms with van der Waals surface area (Å²) in [4.78, 5) is 15.7. The maximum Gasteiger partial charge on any atom is 0.264 e. The first-order valence-electron chi connectivity index (χ1n) is 12.3. The standard InChI is InChI=1S/C28H31N3O4S/c1-21-9-14-25-26(17-21)35-27(20-31(25)36(33,34)24-7-3-2-4-8-24)28(32)29-18-22-10-12-23(13-11-22)19-30-15-5-6-16-30/h2-4,7-14,17,27H,5-6,15-16,18-20H2,1H3,(H,29,32). The predicted octanol–water partition coefficient (Wildman–Crippen LogP) is 3.86. The third-order valence-corrected chi connectivity index (χ3v) is 8.50. The monoisotopic (exact) mass is 505 g/mol. The summed E-state index contributed by atoms with van der Waals surface area (Å²) in [5.41, 5.74) is 3.59. The van der Waals surface area contributed by atoms with Gasteiger partial charge in [0.15, 0.2) is 6.10 Å². The number of hydrogen-bond donors (Lipinski definition) is 1. The molecule has 2 aliphatic heterocycles. The Kier molecular flexibility index (Phi) is 6.98. The molecule has 8 heteroatoms. The number of sulfonamides is 1. The van der Waals surface area contributed by atoms with Gasteiger partial charge in [-0.15, -0.1) is 0 Å². The van der Waals surface area contributed by atoms with Gasteiger partial charge in [0.05, 0.1) is 17.1 Å². The van der Waals surface area contributed by atoms with Gasteiger partial charge >= 0.3 is 0 Å². The van der Waals surface area contributed by atoms with Crippen LogP contribution in [-0.4, -0.2) is 45.0 Å². The fraction of sp³-hybridized carbons (Fsp3) is 0.321. The van der Waals surface area contributed by atoms with E-state index in [2.05, 4.69) is 22.3 Å². The quantitative estimate of drug-likeness (QED) is 0.528. The van der Waals surface area contributed by atoms with Crippen molar-refractivity contribution >= 4 is 21.6 Å². The molecular formula is C28H31N3O4S. The van der Waals surface area contributed by atoms with E-state index >= 15 is 0 Å². The minimum absolute atomic E-state index is 0.103. The molecule has 1 N–H and O–H groups in total. The number of rotatable bonds is 7. The lowest BCUT2D eigenvalue weighted by Crippen LogP contribution is -2.50. The van der Waals surface area contributed by atoms with Gasteiger partial charge in [0.2, 0.25) is 0 Å². The van der Waals surface area contributed by atoms with E-state index in [4.69, 9.17) is 4.74 Å². The van der Waals surface area contributed by atoms with Crippen molar-refractivity contribution in [3.63, 3.8) is 0 Å². The Balaban J connectivity index is 1.29. The molecule has 0 aromatic heterocycles. The second kappa shape index (κ2) is 10.3. The summed E-state index contributed by atoms with van der Waals surface area (Å²) in [5.74, 6) is 0.0312. The van der Waals surface area contributed by atoms with Crippen LogP contribution in [0.1, 0.15) is 29.5 Å². The summed E-state index contributed by atoms with van der Waals surface area (Å²) in [7, 11) is -3.87. The largest absolute Gasteiger partial charge is 0.476 e. The molecular weight excluding hydrogens is 474 g/mol. The van der Waals surface area contributed by atoms with Gasteiger partial charge in [0, 0.05) is 13.1 Å². The highest BCUT2D eigenvalue weighted by Crippen LogP contribution is 2.37. The summed E-state index contributed by atoms with van der Waals surface area (Å²) in [6.45, 7) is 5.39. The highest BCUT2D eigenvalue weighted by molar-refractivity contribution is 7.92. The summed E-state index contributed by atoms with van der Waals surface area (Å²) >= 11 is 0. The molecule has 0 aliphatic carbocycles. The molecule has 5 rings (SSSR count). The van der Waals surface area contributed by atoms with Gasteiger partial charge in [-0.2, -0.15) is 0 Å². The van der Waals surface area contributed by atoms with Gasteiger partial charge < -0.3 is 10.1 Å². The van der Waals surface area contributed by atoms with Gasteiger partial charge in [-0.05, 0) is 73.8 Å². The highest BCUT2D eigenvalue weighted by Gasteiger charge is 2.37. The average molecular weight is 506 g/mol. The van der Waals surface area contributed by atoms with E-state index < -0.39 is 16.1 Å². The smallest absolute Gasteiger partial charge is 0.264 e. The molecule has 0 spiro atoms. The number of aryl methyl sites for hydroxylation is 1. The number of ether oxygens (including phenoxy) is 1. The van der Waals surface area contributed by atoms with E-state index in [0.29, 0.717) is 18.0 Å². The molecule has 1 amide bonds. The first-order valence-corrected chi connectivity index (χ1v) is 13.8. The number of nitrogens with zero attached hydrogens (tertiary/aromatic N) is 2. The second-order valence-corrected chi connectivity index (χ2v) is 11.3. The molecule has 0 saturated carbocycles. The molecule has 3 aromatic rings. The molecule has 1 saturated heterocycles. The summed E-state index contributed by atoms with van der Waals surface area (Å²) in [6.07, 6.45) is 1.57. The molecule has 2 heterocycles. The topological polar surface area (TPSA) is 79.0 Å². The number of hydrogen-bond acceptors (Lipinski definition) is 5. The van der Waals surface area contributed by atoms with E-state index in [9.17, 15) is 13.2 Å². The van der Waals surface area contributed by atoms with Crippen molar-refractivity contribution in [3.05, 3.63) is 89.5 Å². The SMILES string of the molecule is Cc1ccc2c(c1)OC(C(=O)NCc1ccc(CN3CCCC3)cc1)CN2S(=O)(=O)c1ccccc1. The molecule has 1 atom stereocenters. The summed E-state index contributed by atoms with van der Waals surface area (Å²) < 4.78 is 34.2. The summed E-state index contributed by atoms with van der Waals surface area (Å²) in [6, 6.07) is 21.8. The lowest BCUT2D eigenvalue weighted by atomic mass is 10.1. The van der Waals surface area contributed by atoms with E-state index in [0.717, 1.165) is 30.8 Å². The van der Waals surface area contributed by atoms with Crippen LogP contribution in [0.3, 0.4) is 0 Å². The molecule has 1 unspecified atom stereocenters. The number of carbonyl (C=O) groups excluding carboxylic acids is 1. The highest BCUT2D eigenvalue weighted by atomic mass is 32.2. The first-order chi connectivity index (χ1) is 17.4. The molecule has 188 valence electrons. The van der Waals surface area contributed by atoms with Gasteiger partial charge in [-0.1, -0.05) is 48.5 Å². The van der Waals surface area contributed by atoms with Crippen molar-refractivity contribution in [2.75, 3.05) is 23.9 Å². The van der Waals surface area contributed by atoms with Crippen LogP contribution in [0.2, 0.25) is 0 Å². The number of benzene rings is 3. The lowest BCUT2D eigenvalue weighted by Gasteiger charge is -2.35. The Morgan fingerprint density at radius 2 is 1.67 bits per heavy atom. The molecule has 0 radical (unpaired) electrons. The zero-order valence-corrected chi connectivity index (χ0v) is 21.2. The van der Waals surface area contributed by atoms with Crippen molar-refractivity contribution in [1.82, 2.24) is 10.2 Å². The fourth-order valence-electron chi connectivity index (χ4n) is 4.71. The number of likely N-dealkylation sites (tertiary alicyclic amines) is 1. The zero-order chi connectivity index (χ0) is 25.1. The Morgan fingerprint density at radius 1 is 0.972 bits per heavy atom. The summed E-state index contributed by atoms with van der Waals surface area (Å²) in [5, 5.41) is 2.92. The third kappa shape index (κ3) is 5.24. The third-order valence-electron chi connectivity index (χ3n) is 6.70. The number of nitrogens with one attached hydrogen (secondary N) is 1. The number of carbonyl (C=O) groups is 1. The predicted molar refractivity (Wildman–Crippen MR) is 139 cm³/mol. The molecule has 3 aromatic carbocycles. The van der Waals surface area contributed by atoms with Gasteiger partial charge in [0.25, 0.3) is 15.9 Å². The van der Waals surface area contributed by atoms with E-state index in [1.165, 1.54) is 22.7 Å². The molecule has 36 heavy (non-hydrogen) atoms. The van der Waals surface area contributed by atoms with Crippen LogP contribution in [0, 0.1) is 6.92 Å². The van der Waals surface area contributed by atoms with Crippen LogP contribution in [-0.2, 0) is 27.9 Å². The van der Waals surface area contributed by atoms with Gasteiger partial charge in [0.1, 0.15) is 5.75 Å². The Hall–Kier alpha value is -3.36. The van der Waals surface area contributed by atoms with Crippen LogP contribution >= 0.6 is 0 Å². The Labute approximate surface area is 212 Å². The van der Waals surface area contributed by atoms with Gasteiger partial charge in [-0.3, -0.25) is 14.0 Å². The van der Waals surface area contributed by atoms with Gasteiger partial charge in [-0.25, -0.2) is 8.42 Å². The lowest BCUT2D eigenvalue weighted by molar-refractivity contribution is -0.127. The van der Waals surface area contributed by atoms with Crippen LogP contribution in [0.4, 0.5) is 5.69 Å².